The van der Waals surface area contributed by atoms with Crippen LogP contribution in [0.4, 0.5) is 0 Å². The monoisotopic (exact) mass is 571 g/mol. The van der Waals surface area contributed by atoms with Gasteiger partial charge in [0.15, 0.2) is 0 Å². The molecule has 1 aliphatic rings. The first-order chi connectivity index (χ1) is 19.2. The van der Waals surface area contributed by atoms with E-state index in [0.29, 0.717) is 31.8 Å². The molecule has 40 heavy (non-hydrogen) atoms. The lowest BCUT2D eigenvalue weighted by Crippen LogP contribution is -2.51. The molecule has 0 aromatic heterocycles. The third kappa shape index (κ3) is 8.94. The SMILES string of the molecule is COC(=O)C(CCSC)NC(=O)CN(Cc1cccc2ccccc12)C[C@@H]1CCCN1C(=O)[C@@H](N)CCC(N)=O. The fourth-order valence-electron chi connectivity index (χ4n) is 5.17. The second kappa shape index (κ2) is 15.6. The van der Waals surface area contributed by atoms with Crippen molar-refractivity contribution in [1.82, 2.24) is 15.1 Å². The molecule has 0 spiro atoms. The predicted octanol–water partition coefficient (Wildman–Crippen LogP) is 1.64. The van der Waals surface area contributed by atoms with E-state index < -0.39 is 24.0 Å². The highest BCUT2D eigenvalue weighted by Crippen LogP contribution is 2.23. The fourth-order valence-corrected chi connectivity index (χ4v) is 5.65. The number of carbonyl (C=O) groups is 4. The first kappa shape index (κ1) is 31.4. The lowest BCUT2D eigenvalue weighted by molar-refractivity contribution is -0.145. The molecule has 218 valence electrons. The average molecular weight is 572 g/mol. The number of nitrogens with one attached hydrogen (secondary N) is 1. The molecule has 5 N–H and O–H groups in total. The fraction of sp³-hybridized carbons (Fsp3) is 0.517. The zero-order valence-corrected chi connectivity index (χ0v) is 24.2. The van der Waals surface area contributed by atoms with Gasteiger partial charge in [0.25, 0.3) is 0 Å². The van der Waals surface area contributed by atoms with Crippen LogP contribution in [0, 0.1) is 0 Å². The van der Waals surface area contributed by atoms with Crippen LogP contribution in [0.3, 0.4) is 0 Å². The van der Waals surface area contributed by atoms with Gasteiger partial charge in [-0.25, -0.2) is 4.79 Å². The van der Waals surface area contributed by atoms with E-state index in [4.69, 9.17) is 16.2 Å². The van der Waals surface area contributed by atoms with Crippen molar-refractivity contribution in [2.24, 2.45) is 11.5 Å². The van der Waals surface area contributed by atoms with Crippen LogP contribution in [-0.2, 0) is 30.5 Å². The Hall–Kier alpha value is -3.15. The molecule has 0 aliphatic carbocycles. The number of nitrogens with two attached hydrogens (primary N) is 2. The molecule has 0 saturated carbocycles. The van der Waals surface area contributed by atoms with Crippen LogP contribution in [0.2, 0.25) is 0 Å². The number of ether oxygens (including phenoxy) is 1. The van der Waals surface area contributed by atoms with Crippen molar-refractivity contribution in [3.8, 4) is 0 Å². The molecule has 3 rings (SSSR count). The molecule has 2 aromatic carbocycles. The Morgan fingerprint density at radius 1 is 1.15 bits per heavy atom. The minimum atomic E-state index is -0.805. The summed E-state index contributed by atoms with van der Waals surface area (Å²) in [6.45, 7) is 1.55. The third-order valence-corrected chi connectivity index (χ3v) is 7.86. The minimum Gasteiger partial charge on any atom is -0.467 e. The number of rotatable bonds is 15. The molecule has 1 heterocycles. The molecule has 1 saturated heterocycles. The molecule has 11 heteroatoms. The van der Waals surface area contributed by atoms with Gasteiger partial charge in [-0.3, -0.25) is 19.3 Å². The number of carbonyl (C=O) groups excluding carboxylic acids is 4. The van der Waals surface area contributed by atoms with Crippen LogP contribution in [0.5, 0.6) is 0 Å². The van der Waals surface area contributed by atoms with E-state index in [2.05, 4.69) is 11.4 Å². The Morgan fingerprint density at radius 3 is 2.62 bits per heavy atom. The van der Waals surface area contributed by atoms with E-state index in [1.54, 1.807) is 16.7 Å². The standard InChI is InChI=1S/C29H41N5O5S/c1-39-29(38)25(14-16-40-2)32-27(36)19-33(17-21-9-5-8-20-7-3-4-11-23(20)21)18-22-10-6-15-34(22)28(37)24(30)12-13-26(31)35/h3-5,7-9,11,22,24-25H,6,10,12-19,30H2,1-2H3,(H2,31,35)(H,32,36)/t22-,24-,25?/m0/s1. The summed E-state index contributed by atoms with van der Waals surface area (Å²) in [6, 6.07) is 12.5. The molecular formula is C29H41N5O5S. The van der Waals surface area contributed by atoms with Crippen LogP contribution in [-0.4, -0.2) is 90.4 Å². The van der Waals surface area contributed by atoms with E-state index in [1.165, 1.54) is 7.11 Å². The van der Waals surface area contributed by atoms with Gasteiger partial charge in [0.2, 0.25) is 17.7 Å². The minimum absolute atomic E-state index is 0.0439. The number of methoxy groups -OCH3 is 1. The smallest absolute Gasteiger partial charge is 0.328 e. The van der Waals surface area contributed by atoms with Crippen LogP contribution in [0.1, 0.15) is 37.7 Å². The lowest BCUT2D eigenvalue weighted by atomic mass is 10.0. The summed E-state index contributed by atoms with van der Waals surface area (Å²) < 4.78 is 4.90. The normalized spacial score (nSPS) is 16.6. The second-order valence-electron chi connectivity index (χ2n) is 10.2. The Kier molecular flexibility index (Phi) is 12.2. The second-order valence-corrected chi connectivity index (χ2v) is 11.2. The molecule has 0 bridgehead atoms. The average Bonchev–Trinajstić information content (AvgIpc) is 3.41. The molecule has 3 atom stereocenters. The van der Waals surface area contributed by atoms with Crippen molar-refractivity contribution in [1.29, 1.82) is 0 Å². The predicted molar refractivity (Wildman–Crippen MR) is 157 cm³/mol. The van der Waals surface area contributed by atoms with Crippen molar-refractivity contribution >= 4 is 46.2 Å². The molecule has 1 unspecified atom stereocenters. The number of hydrogen-bond acceptors (Lipinski definition) is 8. The van der Waals surface area contributed by atoms with Crippen LogP contribution in [0.15, 0.2) is 42.5 Å². The Morgan fingerprint density at radius 2 is 1.90 bits per heavy atom. The highest BCUT2D eigenvalue weighted by Gasteiger charge is 2.33. The molecule has 0 radical (unpaired) electrons. The summed E-state index contributed by atoms with van der Waals surface area (Å²) in [4.78, 5) is 53.7. The third-order valence-electron chi connectivity index (χ3n) is 7.22. The van der Waals surface area contributed by atoms with E-state index >= 15 is 0 Å². The first-order valence-electron chi connectivity index (χ1n) is 13.6. The molecular weight excluding hydrogens is 530 g/mol. The molecule has 3 amide bonds. The first-order valence-corrected chi connectivity index (χ1v) is 15.0. The van der Waals surface area contributed by atoms with Crippen molar-refractivity contribution in [3.05, 3.63) is 48.0 Å². The lowest BCUT2D eigenvalue weighted by Gasteiger charge is -2.32. The summed E-state index contributed by atoms with van der Waals surface area (Å²) >= 11 is 1.59. The van der Waals surface area contributed by atoms with E-state index in [1.807, 2.05) is 47.6 Å². The quantitative estimate of drug-likeness (QED) is 0.273. The van der Waals surface area contributed by atoms with Gasteiger partial charge < -0.3 is 26.4 Å². The number of fused-ring (bicyclic) bond motifs is 1. The highest BCUT2D eigenvalue weighted by molar-refractivity contribution is 7.98. The topological polar surface area (TPSA) is 148 Å². The summed E-state index contributed by atoms with van der Waals surface area (Å²) in [5, 5.41) is 5.04. The summed E-state index contributed by atoms with van der Waals surface area (Å²) in [7, 11) is 1.31. The summed E-state index contributed by atoms with van der Waals surface area (Å²) in [5.41, 5.74) is 12.4. The number of hydrogen-bond donors (Lipinski definition) is 3. The van der Waals surface area contributed by atoms with Gasteiger partial charge in [-0.2, -0.15) is 11.8 Å². The van der Waals surface area contributed by atoms with E-state index in [0.717, 1.165) is 29.2 Å². The van der Waals surface area contributed by atoms with Crippen molar-refractivity contribution in [2.45, 2.75) is 56.8 Å². The van der Waals surface area contributed by atoms with Crippen molar-refractivity contribution in [2.75, 3.05) is 38.8 Å². The Balaban J connectivity index is 1.79. The maximum atomic E-state index is 13.2. The van der Waals surface area contributed by atoms with Gasteiger partial charge in [0.1, 0.15) is 6.04 Å². The molecule has 1 aliphatic heterocycles. The van der Waals surface area contributed by atoms with Gasteiger partial charge in [-0.15, -0.1) is 0 Å². The van der Waals surface area contributed by atoms with Crippen molar-refractivity contribution < 1.29 is 23.9 Å². The number of primary amides is 1. The van der Waals surface area contributed by atoms with E-state index in [-0.39, 0.29) is 37.2 Å². The maximum Gasteiger partial charge on any atom is 0.328 e. The number of benzene rings is 2. The van der Waals surface area contributed by atoms with Gasteiger partial charge >= 0.3 is 5.97 Å². The van der Waals surface area contributed by atoms with Gasteiger partial charge in [0.05, 0.1) is 19.7 Å². The van der Waals surface area contributed by atoms with Gasteiger partial charge in [0, 0.05) is 32.1 Å². The molecule has 2 aromatic rings. The Bertz CT molecular complexity index is 1170. The summed E-state index contributed by atoms with van der Waals surface area (Å²) in [6.07, 6.45) is 4.27. The zero-order chi connectivity index (χ0) is 29.1. The molecule has 1 fully saturated rings. The van der Waals surface area contributed by atoms with Crippen LogP contribution >= 0.6 is 11.8 Å². The Labute approximate surface area is 240 Å². The number of likely N-dealkylation sites (tertiary alicyclic amines) is 1. The largest absolute Gasteiger partial charge is 0.467 e. The maximum absolute atomic E-state index is 13.2. The van der Waals surface area contributed by atoms with Gasteiger partial charge in [-0.05, 0) is 54.0 Å². The number of esters is 1. The number of nitrogens with zero attached hydrogens (tertiary/aromatic N) is 2. The van der Waals surface area contributed by atoms with Gasteiger partial charge in [-0.1, -0.05) is 42.5 Å². The number of amides is 3. The zero-order valence-electron chi connectivity index (χ0n) is 23.3. The number of thioether (sulfide) groups is 1. The van der Waals surface area contributed by atoms with Crippen LogP contribution in [0.25, 0.3) is 10.8 Å². The highest BCUT2D eigenvalue weighted by atomic mass is 32.2. The van der Waals surface area contributed by atoms with Crippen molar-refractivity contribution in [3.63, 3.8) is 0 Å². The summed E-state index contributed by atoms with van der Waals surface area (Å²) in [5.74, 6) is -0.752. The van der Waals surface area contributed by atoms with Crippen LogP contribution < -0.4 is 16.8 Å². The van der Waals surface area contributed by atoms with E-state index in [9.17, 15) is 19.2 Å². The molecule has 10 nitrogen and oxygen atoms in total.